The first-order chi connectivity index (χ1) is 9.40. The van der Waals surface area contributed by atoms with Crippen molar-refractivity contribution in [3.63, 3.8) is 0 Å². The summed E-state index contributed by atoms with van der Waals surface area (Å²) in [6, 6.07) is 6.57. The van der Waals surface area contributed by atoms with Crippen molar-refractivity contribution in [3.05, 3.63) is 58.1 Å². The van der Waals surface area contributed by atoms with Gasteiger partial charge < -0.3 is 10.4 Å². The van der Waals surface area contributed by atoms with Gasteiger partial charge in [0.05, 0.1) is 10.7 Å². The van der Waals surface area contributed by atoms with Crippen molar-refractivity contribution < 1.29 is 18.7 Å². The highest BCUT2D eigenvalue weighted by Gasteiger charge is 2.19. The van der Waals surface area contributed by atoms with E-state index in [-0.39, 0.29) is 10.7 Å². The van der Waals surface area contributed by atoms with Crippen molar-refractivity contribution in [3.8, 4) is 0 Å². The Morgan fingerprint density at radius 1 is 1.20 bits per heavy atom. The number of rotatable bonds is 3. The lowest BCUT2D eigenvalue weighted by Crippen LogP contribution is -2.07. The number of aryl methyl sites for hydroxylation is 1. The average Bonchev–Trinajstić information content (AvgIpc) is 2.36. The summed E-state index contributed by atoms with van der Waals surface area (Å²) >= 11 is 5.57. The molecule has 0 fully saturated rings. The first kappa shape index (κ1) is 14.3. The number of aromatic carboxylic acids is 1. The molecule has 3 nitrogen and oxygen atoms in total. The third-order valence-corrected chi connectivity index (χ3v) is 3.06. The Labute approximate surface area is 118 Å². The second-order valence-electron chi connectivity index (χ2n) is 4.17. The Balaban J connectivity index is 2.48. The van der Waals surface area contributed by atoms with Gasteiger partial charge in [0.1, 0.15) is 11.4 Å². The third-order valence-electron chi connectivity index (χ3n) is 2.77. The van der Waals surface area contributed by atoms with Gasteiger partial charge in [0.2, 0.25) is 0 Å². The number of nitrogens with one attached hydrogen (secondary N) is 1. The maximum Gasteiger partial charge on any atom is 0.340 e. The molecular weight excluding hydrogens is 288 g/mol. The van der Waals surface area contributed by atoms with Crippen molar-refractivity contribution in [1.82, 2.24) is 0 Å². The predicted octanol–water partition coefficient (Wildman–Crippen LogP) is 4.37. The van der Waals surface area contributed by atoms with Gasteiger partial charge in [-0.05, 0) is 42.8 Å². The van der Waals surface area contributed by atoms with Crippen molar-refractivity contribution in [2.75, 3.05) is 5.32 Å². The molecule has 2 N–H and O–H groups in total. The number of hydrogen-bond acceptors (Lipinski definition) is 2. The molecule has 2 aromatic rings. The Morgan fingerprint density at radius 2 is 1.85 bits per heavy atom. The van der Waals surface area contributed by atoms with E-state index >= 15 is 0 Å². The summed E-state index contributed by atoms with van der Waals surface area (Å²) in [5.74, 6) is -2.86. The first-order valence-corrected chi connectivity index (χ1v) is 6.02. The largest absolute Gasteiger partial charge is 0.478 e. The number of halogens is 3. The van der Waals surface area contributed by atoms with Crippen LogP contribution < -0.4 is 5.32 Å². The molecule has 20 heavy (non-hydrogen) atoms. The number of carboxylic acids is 1. The lowest BCUT2D eigenvalue weighted by molar-refractivity contribution is 0.0693. The van der Waals surface area contributed by atoms with Crippen molar-refractivity contribution in [2.24, 2.45) is 0 Å². The van der Waals surface area contributed by atoms with Crippen LogP contribution in [0.1, 0.15) is 15.9 Å². The quantitative estimate of drug-likeness (QED) is 0.884. The molecular formula is C14H10ClF2NO2. The van der Waals surface area contributed by atoms with Gasteiger partial charge in [-0.15, -0.1) is 0 Å². The molecule has 104 valence electrons. The topological polar surface area (TPSA) is 49.3 Å². The van der Waals surface area contributed by atoms with Gasteiger partial charge in [0.25, 0.3) is 0 Å². The second kappa shape index (κ2) is 5.46. The molecule has 0 aliphatic rings. The highest BCUT2D eigenvalue weighted by atomic mass is 35.5. The van der Waals surface area contributed by atoms with E-state index in [9.17, 15) is 13.6 Å². The van der Waals surface area contributed by atoms with Crippen LogP contribution in [0.2, 0.25) is 5.02 Å². The summed E-state index contributed by atoms with van der Waals surface area (Å²) in [5, 5.41) is 11.6. The zero-order chi connectivity index (χ0) is 14.9. The molecule has 2 aromatic carbocycles. The van der Waals surface area contributed by atoms with Crippen LogP contribution in [0.25, 0.3) is 0 Å². The highest BCUT2D eigenvalue weighted by Crippen LogP contribution is 2.29. The SMILES string of the molecule is Cc1cc(F)ccc1Nc1ccc(Cl)c(F)c1C(=O)O. The van der Waals surface area contributed by atoms with E-state index in [0.717, 1.165) is 0 Å². The van der Waals surface area contributed by atoms with Crippen molar-refractivity contribution in [1.29, 1.82) is 0 Å². The second-order valence-corrected chi connectivity index (χ2v) is 4.58. The summed E-state index contributed by atoms with van der Waals surface area (Å²) < 4.78 is 26.8. The van der Waals surface area contributed by atoms with Gasteiger partial charge in [-0.2, -0.15) is 0 Å². The Bertz CT molecular complexity index is 689. The Kier molecular flexibility index (Phi) is 3.90. The zero-order valence-corrected chi connectivity index (χ0v) is 11.1. The molecule has 0 bridgehead atoms. The van der Waals surface area contributed by atoms with E-state index in [1.54, 1.807) is 6.92 Å². The molecule has 0 saturated heterocycles. The molecule has 0 aliphatic heterocycles. The average molecular weight is 298 g/mol. The number of benzene rings is 2. The van der Waals surface area contributed by atoms with Crippen LogP contribution in [0.15, 0.2) is 30.3 Å². The molecule has 0 aromatic heterocycles. The van der Waals surface area contributed by atoms with Gasteiger partial charge in [0, 0.05) is 5.69 Å². The van der Waals surface area contributed by atoms with Crippen molar-refractivity contribution >= 4 is 28.9 Å². The normalized spacial score (nSPS) is 10.4. The smallest absolute Gasteiger partial charge is 0.340 e. The number of carboxylic acid groups (broad SMARTS) is 1. The summed E-state index contributed by atoms with van der Waals surface area (Å²) in [4.78, 5) is 11.1. The number of hydrogen-bond donors (Lipinski definition) is 2. The molecule has 0 radical (unpaired) electrons. The molecule has 0 aliphatic carbocycles. The maximum absolute atomic E-state index is 13.8. The predicted molar refractivity (Wildman–Crippen MR) is 72.8 cm³/mol. The fourth-order valence-electron chi connectivity index (χ4n) is 1.78. The van der Waals surface area contributed by atoms with Gasteiger partial charge >= 0.3 is 5.97 Å². The fraction of sp³-hybridized carbons (Fsp3) is 0.0714. The summed E-state index contributed by atoms with van der Waals surface area (Å²) in [6.07, 6.45) is 0. The fourth-order valence-corrected chi connectivity index (χ4v) is 1.93. The molecule has 6 heteroatoms. The molecule has 0 saturated carbocycles. The minimum atomic E-state index is -1.44. The standard InChI is InChI=1S/C14H10ClF2NO2/c1-7-6-8(16)2-4-10(7)18-11-5-3-9(15)13(17)12(11)14(19)20/h2-6,18H,1H3,(H,19,20). The molecule has 0 heterocycles. The van der Waals surface area contributed by atoms with Crippen molar-refractivity contribution in [2.45, 2.75) is 6.92 Å². The van der Waals surface area contributed by atoms with Gasteiger partial charge in [-0.25, -0.2) is 13.6 Å². The summed E-state index contributed by atoms with van der Waals surface area (Å²) in [5.41, 5.74) is 0.544. The molecule has 0 unspecified atom stereocenters. The van der Waals surface area contributed by atoms with Crippen LogP contribution in [0, 0.1) is 18.6 Å². The molecule has 0 atom stereocenters. The lowest BCUT2D eigenvalue weighted by atomic mass is 10.1. The van der Waals surface area contributed by atoms with Crippen LogP contribution in [0.5, 0.6) is 0 Å². The van der Waals surface area contributed by atoms with Gasteiger partial charge in [-0.3, -0.25) is 0 Å². The Morgan fingerprint density at radius 3 is 2.45 bits per heavy atom. The summed E-state index contributed by atoms with van der Waals surface area (Å²) in [7, 11) is 0. The Hall–Kier alpha value is -2.14. The first-order valence-electron chi connectivity index (χ1n) is 5.64. The van der Waals surface area contributed by atoms with Crippen LogP contribution >= 0.6 is 11.6 Å². The molecule has 2 rings (SSSR count). The zero-order valence-electron chi connectivity index (χ0n) is 10.4. The minimum Gasteiger partial charge on any atom is -0.478 e. The van der Waals surface area contributed by atoms with Gasteiger partial charge in [0.15, 0.2) is 5.82 Å². The van der Waals surface area contributed by atoms with E-state index in [4.69, 9.17) is 16.7 Å². The van der Waals surface area contributed by atoms with E-state index in [2.05, 4.69) is 5.32 Å². The molecule has 0 amide bonds. The van der Waals surface area contributed by atoms with E-state index in [1.165, 1.54) is 30.3 Å². The van der Waals surface area contributed by atoms with Crippen LogP contribution in [0.3, 0.4) is 0 Å². The lowest BCUT2D eigenvalue weighted by Gasteiger charge is -2.13. The monoisotopic (exact) mass is 297 g/mol. The minimum absolute atomic E-state index is 0.0501. The van der Waals surface area contributed by atoms with E-state index in [0.29, 0.717) is 11.3 Å². The number of carbonyl (C=O) groups is 1. The van der Waals surface area contributed by atoms with Crippen LogP contribution in [-0.2, 0) is 0 Å². The van der Waals surface area contributed by atoms with Gasteiger partial charge in [-0.1, -0.05) is 11.6 Å². The maximum atomic E-state index is 13.8. The number of anilines is 2. The summed E-state index contributed by atoms with van der Waals surface area (Å²) in [6.45, 7) is 1.65. The molecule has 0 spiro atoms. The van der Waals surface area contributed by atoms with Crippen LogP contribution in [0.4, 0.5) is 20.2 Å². The highest BCUT2D eigenvalue weighted by molar-refractivity contribution is 6.31. The van der Waals surface area contributed by atoms with E-state index in [1.807, 2.05) is 0 Å². The van der Waals surface area contributed by atoms with E-state index < -0.39 is 23.2 Å². The third kappa shape index (κ3) is 2.72. The van der Waals surface area contributed by atoms with Crippen LogP contribution in [-0.4, -0.2) is 11.1 Å².